The molecule has 2 aromatic carbocycles. The number of hydrogen-bond donors (Lipinski definition) is 1. The minimum atomic E-state index is -0.719. The van der Waals surface area contributed by atoms with Crippen molar-refractivity contribution in [3.63, 3.8) is 0 Å². The molecule has 1 unspecified atom stereocenters. The summed E-state index contributed by atoms with van der Waals surface area (Å²) in [7, 11) is 3.05. The van der Waals surface area contributed by atoms with E-state index >= 15 is 0 Å². The average molecular weight is 416 g/mol. The van der Waals surface area contributed by atoms with E-state index in [1.807, 2.05) is 6.92 Å². The number of carbonyl (C=O) groups excluding carboxylic acids is 2. The molecule has 1 saturated heterocycles. The molecule has 1 fully saturated rings. The summed E-state index contributed by atoms with van der Waals surface area (Å²) in [6.45, 7) is 2.31. The van der Waals surface area contributed by atoms with E-state index in [4.69, 9.17) is 21.1 Å². The van der Waals surface area contributed by atoms with Gasteiger partial charge in [-0.15, -0.1) is 0 Å². The fourth-order valence-corrected chi connectivity index (χ4v) is 3.71. The van der Waals surface area contributed by atoms with Crippen LogP contribution in [0.15, 0.2) is 48.0 Å². The highest BCUT2D eigenvalue weighted by Gasteiger charge is 2.45. The van der Waals surface area contributed by atoms with Gasteiger partial charge in [-0.25, -0.2) is 0 Å². The van der Waals surface area contributed by atoms with Crippen LogP contribution in [0, 0.1) is 0 Å². The van der Waals surface area contributed by atoms with Crippen LogP contribution < -0.4 is 9.47 Å². The fourth-order valence-electron chi connectivity index (χ4n) is 3.45. The number of halogens is 1. The van der Waals surface area contributed by atoms with Gasteiger partial charge in [-0.1, -0.05) is 30.7 Å². The summed E-state index contributed by atoms with van der Waals surface area (Å²) in [6.07, 6.45) is 0.675. The lowest BCUT2D eigenvalue weighted by atomic mass is 9.95. The van der Waals surface area contributed by atoms with Crippen molar-refractivity contribution < 1.29 is 24.2 Å². The molecular weight excluding hydrogens is 394 g/mol. The Balaban J connectivity index is 2.16. The van der Waals surface area contributed by atoms with Gasteiger partial charge >= 0.3 is 0 Å². The number of ketones is 1. The van der Waals surface area contributed by atoms with Crippen LogP contribution in [0.5, 0.6) is 11.5 Å². The first-order valence-corrected chi connectivity index (χ1v) is 9.57. The number of Topliss-reactive ketones (excluding diaryl/α,β-unsaturated/α-hetero) is 1. The highest BCUT2D eigenvalue weighted by molar-refractivity contribution is 6.46. The largest absolute Gasteiger partial charge is 0.507 e. The van der Waals surface area contributed by atoms with E-state index in [0.717, 1.165) is 0 Å². The number of ether oxygens (including phenoxy) is 2. The number of amides is 1. The SMILES string of the molecule is CCCN1C(=O)C(=O)/C(=C(\O)c2ccc(OC)c(Cl)c2)C1c1ccc(OC)cc1. The van der Waals surface area contributed by atoms with Gasteiger partial charge in [0.15, 0.2) is 0 Å². The average Bonchev–Trinajstić information content (AvgIpc) is 2.98. The third kappa shape index (κ3) is 3.80. The van der Waals surface area contributed by atoms with Crippen LogP contribution in [0.1, 0.15) is 30.5 Å². The summed E-state index contributed by atoms with van der Waals surface area (Å²) in [5.41, 5.74) is 1.08. The lowest BCUT2D eigenvalue weighted by Gasteiger charge is -2.25. The molecule has 1 N–H and O–H groups in total. The molecule has 1 aliphatic rings. The number of methoxy groups -OCH3 is 2. The van der Waals surface area contributed by atoms with Gasteiger partial charge in [0.1, 0.15) is 17.3 Å². The molecule has 6 nitrogen and oxygen atoms in total. The molecule has 0 aliphatic carbocycles. The van der Waals surface area contributed by atoms with Crippen molar-refractivity contribution in [2.45, 2.75) is 19.4 Å². The minimum absolute atomic E-state index is 0.0369. The highest BCUT2D eigenvalue weighted by atomic mass is 35.5. The van der Waals surface area contributed by atoms with Crippen molar-refractivity contribution in [3.8, 4) is 11.5 Å². The van der Waals surface area contributed by atoms with Crippen molar-refractivity contribution in [1.82, 2.24) is 4.90 Å². The lowest BCUT2D eigenvalue weighted by molar-refractivity contribution is -0.139. The molecule has 0 saturated carbocycles. The molecule has 152 valence electrons. The second-order valence-electron chi connectivity index (χ2n) is 6.61. The number of aliphatic hydroxyl groups excluding tert-OH is 1. The van der Waals surface area contributed by atoms with Gasteiger partial charge in [-0.05, 0) is 42.3 Å². The molecule has 0 aromatic heterocycles. The zero-order valence-electron chi connectivity index (χ0n) is 16.4. The Morgan fingerprint density at radius 2 is 1.79 bits per heavy atom. The summed E-state index contributed by atoms with van der Waals surface area (Å²) in [5, 5.41) is 11.3. The Labute approximate surface area is 174 Å². The van der Waals surface area contributed by atoms with Crippen molar-refractivity contribution in [2.24, 2.45) is 0 Å². The maximum absolute atomic E-state index is 12.8. The first kappa shape index (κ1) is 20.7. The first-order chi connectivity index (χ1) is 13.9. The van der Waals surface area contributed by atoms with E-state index in [1.165, 1.54) is 18.1 Å². The van der Waals surface area contributed by atoms with E-state index < -0.39 is 17.7 Å². The van der Waals surface area contributed by atoms with Crippen LogP contribution in [-0.4, -0.2) is 42.5 Å². The smallest absolute Gasteiger partial charge is 0.295 e. The summed E-state index contributed by atoms with van der Waals surface area (Å²) >= 11 is 6.18. The van der Waals surface area contributed by atoms with E-state index in [0.29, 0.717) is 40.6 Å². The Hall–Kier alpha value is -2.99. The van der Waals surface area contributed by atoms with Crippen LogP contribution in [-0.2, 0) is 9.59 Å². The number of likely N-dealkylation sites (tertiary alicyclic amines) is 1. The zero-order chi connectivity index (χ0) is 21.1. The second kappa shape index (κ2) is 8.57. The van der Waals surface area contributed by atoms with Gasteiger partial charge in [0.05, 0.1) is 30.9 Å². The number of rotatable bonds is 6. The Morgan fingerprint density at radius 1 is 1.10 bits per heavy atom. The summed E-state index contributed by atoms with van der Waals surface area (Å²) in [5.74, 6) is -0.519. The number of hydrogen-bond acceptors (Lipinski definition) is 5. The van der Waals surface area contributed by atoms with Gasteiger partial charge in [-0.3, -0.25) is 9.59 Å². The third-order valence-corrected chi connectivity index (χ3v) is 5.16. The molecule has 1 amide bonds. The lowest BCUT2D eigenvalue weighted by Crippen LogP contribution is -2.30. The number of benzene rings is 2. The van der Waals surface area contributed by atoms with Gasteiger partial charge in [-0.2, -0.15) is 0 Å². The normalized spacial score (nSPS) is 18.2. The molecule has 0 radical (unpaired) electrons. The molecule has 0 bridgehead atoms. The topological polar surface area (TPSA) is 76.1 Å². The second-order valence-corrected chi connectivity index (χ2v) is 7.02. The van der Waals surface area contributed by atoms with Crippen LogP contribution in [0.3, 0.4) is 0 Å². The van der Waals surface area contributed by atoms with Crippen LogP contribution in [0.2, 0.25) is 5.02 Å². The van der Waals surface area contributed by atoms with Gasteiger partial charge in [0.25, 0.3) is 11.7 Å². The number of carbonyl (C=O) groups is 2. The van der Waals surface area contributed by atoms with Crippen molar-refractivity contribution in [1.29, 1.82) is 0 Å². The molecular formula is C22H22ClNO5. The van der Waals surface area contributed by atoms with Gasteiger partial charge in [0, 0.05) is 12.1 Å². The predicted octanol–water partition coefficient (Wildman–Crippen LogP) is 4.19. The minimum Gasteiger partial charge on any atom is -0.507 e. The third-order valence-electron chi connectivity index (χ3n) is 4.86. The zero-order valence-corrected chi connectivity index (χ0v) is 17.2. The van der Waals surface area contributed by atoms with E-state index in [9.17, 15) is 14.7 Å². The maximum Gasteiger partial charge on any atom is 0.295 e. The van der Waals surface area contributed by atoms with Crippen LogP contribution in [0.25, 0.3) is 5.76 Å². The summed E-state index contributed by atoms with van der Waals surface area (Å²) < 4.78 is 10.3. The Bertz CT molecular complexity index is 968. The molecule has 0 spiro atoms. The van der Waals surface area contributed by atoms with E-state index in [1.54, 1.807) is 43.5 Å². The van der Waals surface area contributed by atoms with Crippen LogP contribution in [0.4, 0.5) is 0 Å². The summed E-state index contributed by atoms with van der Waals surface area (Å²) in [6, 6.07) is 11.1. The first-order valence-electron chi connectivity index (χ1n) is 9.19. The van der Waals surface area contributed by atoms with Crippen LogP contribution >= 0.6 is 11.6 Å². The maximum atomic E-state index is 12.8. The Morgan fingerprint density at radius 3 is 2.34 bits per heavy atom. The highest BCUT2D eigenvalue weighted by Crippen LogP contribution is 2.40. The van der Waals surface area contributed by atoms with Crippen molar-refractivity contribution in [3.05, 3.63) is 64.2 Å². The summed E-state index contributed by atoms with van der Waals surface area (Å²) in [4.78, 5) is 27.0. The number of aliphatic hydroxyl groups is 1. The van der Waals surface area contributed by atoms with E-state index in [2.05, 4.69) is 0 Å². The molecule has 1 heterocycles. The van der Waals surface area contributed by atoms with Crippen molar-refractivity contribution in [2.75, 3.05) is 20.8 Å². The molecule has 2 aromatic rings. The molecule has 1 aliphatic heterocycles. The fraction of sp³-hybridized carbons (Fsp3) is 0.273. The monoisotopic (exact) mass is 415 g/mol. The molecule has 7 heteroatoms. The Kier molecular flexibility index (Phi) is 6.13. The van der Waals surface area contributed by atoms with E-state index in [-0.39, 0.29) is 11.3 Å². The van der Waals surface area contributed by atoms with Crippen molar-refractivity contribution >= 4 is 29.1 Å². The molecule has 29 heavy (non-hydrogen) atoms. The molecule has 1 atom stereocenters. The molecule has 3 rings (SSSR count). The van der Waals surface area contributed by atoms with Gasteiger partial charge in [0.2, 0.25) is 0 Å². The van der Waals surface area contributed by atoms with Gasteiger partial charge < -0.3 is 19.5 Å². The predicted molar refractivity (Wildman–Crippen MR) is 110 cm³/mol. The number of nitrogens with zero attached hydrogens (tertiary/aromatic N) is 1. The quantitative estimate of drug-likeness (QED) is 0.435. The standard InChI is InChI=1S/C22H22ClNO5/c1-4-11-24-19(13-5-8-15(28-2)9-6-13)18(21(26)22(24)27)20(25)14-7-10-17(29-3)16(23)12-14/h5-10,12,19,25H,4,11H2,1-3H3/b20-18-.